The molecule has 3 heteroatoms. The van der Waals surface area contributed by atoms with Crippen LogP contribution in [0.1, 0.15) is 26.7 Å². The van der Waals surface area contributed by atoms with Crippen molar-refractivity contribution in [3.63, 3.8) is 0 Å². The quantitative estimate of drug-likeness (QED) is 0.691. The molecule has 2 rings (SSSR count). The van der Waals surface area contributed by atoms with Crippen LogP contribution in [0.2, 0.25) is 0 Å². The third-order valence-corrected chi connectivity index (χ3v) is 3.97. The van der Waals surface area contributed by atoms with Crippen LogP contribution >= 0.6 is 0 Å². The Bertz CT molecular complexity index is 199. The Morgan fingerprint density at radius 2 is 1.80 bits per heavy atom. The molecule has 0 unspecified atom stereocenters. The molecule has 0 aromatic carbocycles. The highest BCUT2D eigenvalue weighted by atomic mass is 15.3. The molecule has 0 spiro atoms. The van der Waals surface area contributed by atoms with Crippen molar-refractivity contribution in [1.82, 2.24) is 15.1 Å². The van der Waals surface area contributed by atoms with E-state index >= 15 is 0 Å². The SMILES string of the molecule is C[C@@H]1CN(C2CCN(C)CC2)[C@@H](C)CN1. The first-order valence-electron chi connectivity index (χ1n) is 6.34. The molecule has 0 aliphatic carbocycles. The van der Waals surface area contributed by atoms with Gasteiger partial charge in [0.25, 0.3) is 0 Å². The van der Waals surface area contributed by atoms with Gasteiger partial charge in [0.1, 0.15) is 0 Å². The van der Waals surface area contributed by atoms with E-state index in [2.05, 4.69) is 36.0 Å². The zero-order chi connectivity index (χ0) is 10.8. The van der Waals surface area contributed by atoms with E-state index in [1.165, 1.54) is 32.5 Å². The maximum Gasteiger partial charge on any atom is 0.0196 e. The number of hydrogen-bond donors (Lipinski definition) is 1. The van der Waals surface area contributed by atoms with Crippen molar-refractivity contribution < 1.29 is 0 Å². The Kier molecular flexibility index (Phi) is 3.65. The second-order valence-corrected chi connectivity index (χ2v) is 5.39. The van der Waals surface area contributed by atoms with Crippen LogP contribution in [0.3, 0.4) is 0 Å². The first-order chi connectivity index (χ1) is 7.16. The Morgan fingerprint density at radius 1 is 1.13 bits per heavy atom. The van der Waals surface area contributed by atoms with E-state index < -0.39 is 0 Å². The number of hydrogen-bond acceptors (Lipinski definition) is 3. The van der Waals surface area contributed by atoms with Gasteiger partial charge in [-0.05, 0) is 46.8 Å². The summed E-state index contributed by atoms with van der Waals surface area (Å²) < 4.78 is 0. The molecule has 3 nitrogen and oxygen atoms in total. The summed E-state index contributed by atoms with van der Waals surface area (Å²) in [5.41, 5.74) is 0. The topological polar surface area (TPSA) is 18.5 Å². The zero-order valence-electron chi connectivity index (χ0n) is 10.4. The highest BCUT2D eigenvalue weighted by Crippen LogP contribution is 2.20. The summed E-state index contributed by atoms with van der Waals surface area (Å²) in [7, 11) is 2.24. The van der Waals surface area contributed by atoms with Crippen LogP contribution in [0.5, 0.6) is 0 Å². The minimum Gasteiger partial charge on any atom is -0.311 e. The van der Waals surface area contributed by atoms with Crippen molar-refractivity contribution in [2.75, 3.05) is 33.2 Å². The number of piperidine rings is 1. The molecule has 2 fully saturated rings. The van der Waals surface area contributed by atoms with E-state index in [4.69, 9.17) is 0 Å². The van der Waals surface area contributed by atoms with Gasteiger partial charge in [0.2, 0.25) is 0 Å². The Balaban J connectivity index is 1.90. The summed E-state index contributed by atoms with van der Waals surface area (Å²) >= 11 is 0. The molecule has 2 saturated heterocycles. The smallest absolute Gasteiger partial charge is 0.0196 e. The fourth-order valence-electron chi connectivity index (χ4n) is 2.89. The monoisotopic (exact) mass is 211 g/mol. The second kappa shape index (κ2) is 4.81. The average molecular weight is 211 g/mol. The van der Waals surface area contributed by atoms with E-state index in [1.54, 1.807) is 0 Å². The fraction of sp³-hybridized carbons (Fsp3) is 1.00. The molecule has 0 saturated carbocycles. The zero-order valence-corrected chi connectivity index (χ0v) is 10.4. The number of piperazine rings is 1. The summed E-state index contributed by atoms with van der Waals surface area (Å²) in [5, 5.41) is 3.56. The lowest BCUT2D eigenvalue weighted by molar-refractivity contribution is 0.0575. The highest BCUT2D eigenvalue weighted by Gasteiger charge is 2.30. The predicted octanol–water partition coefficient (Wildman–Crippen LogP) is 0.763. The van der Waals surface area contributed by atoms with E-state index in [0.29, 0.717) is 6.04 Å². The third kappa shape index (κ3) is 2.71. The van der Waals surface area contributed by atoms with Crippen LogP contribution in [0.25, 0.3) is 0 Å². The molecule has 2 aliphatic rings. The molecule has 2 aliphatic heterocycles. The summed E-state index contributed by atoms with van der Waals surface area (Å²) in [6.45, 7) is 9.60. The first-order valence-corrected chi connectivity index (χ1v) is 6.34. The van der Waals surface area contributed by atoms with Crippen LogP contribution in [-0.2, 0) is 0 Å². The molecule has 1 N–H and O–H groups in total. The normalized spacial score (nSPS) is 37.0. The van der Waals surface area contributed by atoms with Crippen molar-refractivity contribution in [2.24, 2.45) is 0 Å². The molecule has 2 atom stereocenters. The van der Waals surface area contributed by atoms with Gasteiger partial charge in [-0.25, -0.2) is 0 Å². The molecule has 0 bridgehead atoms. The Labute approximate surface area is 93.8 Å². The molecule has 0 amide bonds. The molecule has 0 aromatic rings. The van der Waals surface area contributed by atoms with E-state index in [1.807, 2.05) is 0 Å². The van der Waals surface area contributed by atoms with Gasteiger partial charge >= 0.3 is 0 Å². The third-order valence-electron chi connectivity index (χ3n) is 3.97. The van der Waals surface area contributed by atoms with Gasteiger partial charge in [-0.15, -0.1) is 0 Å². The largest absolute Gasteiger partial charge is 0.311 e. The van der Waals surface area contributed by atoms with Crippen LogP contribution in [0.15, 0.2) is 0 Å². The van der Waals surface area contributed by atoms with Gasteiger partial charge < -0.3 is 10.2 Å². The summed E-state index contributed by atoms with van der Waals surface area (Å²) in [5.74, 6) is 0. The van der Waals surface area contributed by atoms with Crippen LogP contribution in [0.4, 0.5) is 0 Å². The fourth-order valence-corrected chi connectivity index (χ4v) is 2.89. The lowest BCUT2D eigenvalue weighted by Gasteiger charge is -2.45. The molecule has 0 aromatic heterocycles. The summed E-state index contributed by atoms with van der Waals surface area (Å²) in [4.78, 5) is 5.18. The number of rotatable bonds is 1. The van der Waals surface area contributed by atoms with Crippen LogP contribution in [0, 0.1) is 0 Å². The maximum atomic E-state index is 3.56. The molecule has 15 heavy (non-hydrogen) atoms. The molecule has 0 radical (unpaired) electrons. The lowest BCUT2D eigenvalue weighted by atomic mass is 9.99. The van der Waals surface area contributed by atoms with Gasteiger partial charge in [-0.3, -0.25) is 4.90 Å². The van der Waals surface area contributed by atoms with Gasteiger partial charge in [0, 0.05) is 31.2 Å². The molecular formula is C12H25N3. The summed E-state index contributed by atoms with van der Waals surface area (Å²) in [6.07, 6.45) is 2.71. The van der Waals surface area contributed by atoms with Crippen LogP contribution in [-0.4, -0.2) is 61.2 Å². The Hall–Kier alpha value is -0.120. The van der Waals surface area contributed by atoms with Gasteiger partial charge in [0.05, 0.1) is 0 Å². The Morgan fingerprint density at radius 3 is 2.47 bits per heavy atom. The molecular weight excluding hydrogens is 186 g/mol. The van der Waals surface area contributed by atoms with E-state index in [0.717, 1.165) is 18.6 Å². The summed E-state index contributed by atoms with van der Waals surface area (Å²) in [6, 6.07) is 2.22. The van der Waals surface area contributed by atoms with E-state index in [9.17, 15) is 0 Å². The minimum atomic E-state index is 0.667. The van der Waals surface area contributed by atoms with Crippen molar-refractivity contribution in [3.05, 3.63) is 0 Å². The predicted molar refractivity (Wildman–Crippen MR) is 64.2 cm³/mol. The number of likely N-dealkylation sites (tertiary alicyclic amines) is 1. The lowest BCUT2D eigenvalue weighted by Crippen LogP contribution is -2.59. The molecule has 2 heterocycles. The van der Waals surface area contributed by atoms with Crippen molar-refractivity contribution in [3.8, 4) is 0 Å². The number of nitrogens with zero attached hydrogens (tertiary/aromatic N) is 2. The molecule has 88 valence electrons. The van der Waals surface area contributed by atoms with Crippen molar-refractivity contribution in [1.29, 1.82) is 0 Å². The van der Waals surface area contributed by atoms with E-state index in [-0.39, 0.29) is 0 Å². The second-order valence-electron chi connectivity index (χ2n) is 5.39. The maximum absolute atomic E-state index is 3.56. The minimum absolute atomic E-state index is 0.667. The van der Waals surface area contributed by atoms with Gasteiger partial charge in [0.15, 0.2) is 0 Å². The van der Waals surface area contributed by atoms with Gasteiger partial charge in [-0.2, -0.15) is 0 Å². The van der Waals surface area contributed by atoms with Crippen LogP contribution < -0.4 is 5.32 Å². The first kappa shape index (κ1) is 11.4. The highest BCUT2D eigenvalue weighted by molar-refractivity contribution is 4.88. The van der Waals surface area contributed by atoms with Crippen molar-refractivity contribution in [2.45, 2.75) is 44.8 Å². The standard InChI is InChI=1S/C12H25N3/c1-10-9-15(11(2)8-13-10)12-4-6-14(3)7-5-12/h10-13H,4-9H2,1-3H3/t10-,11+/m1/s1. The van der Waals surface area contributed by atoms with Gasteiger partial charge in [-0.1, -0.05) is 0 Å². The number of nitrogens with one attached hydrogen (secondary N) is 1. The average Bonchev–Trinajstić information content (AvgIpc) is 2.23. The van der Waals surface area contributed by atoms with Crippen molar-refractivity contribution >= 4 is 0 Å².